The Labute approximate surface area is 98.4 Å². The Hall–Kier alpha value is -1.51. The maximum atomic E-state index is 4.73. The van der Waals surface area contributed by atoms with Crippen LogP contribution in [0.3, 0.4) is 0 Å². The first-order chi connectivity index (χ1) is 7.43. The van der Waals surface area contributed by atoms with Gasteiger partial charge in [-0.15, -0.1) is 0 Å². The SMILES string of the molecule is Cc1cccc(C)c1N=C(N(C)C)N(C)C. The zero-order valence-electron chi connectivity index (χ0n) is 11.1. The largest absolute Gasteiger partial charge is 0.349 e. The highest BCUT2D eigenvalue weighted by molar-refractivity contribution is 5.83. The molecule has 0 fully saturated rings. The molecule has 0 aliphatic heterocycles. The van der Waals surface area contributed by atoms with Gasteiger partial charge in [-0.05, 0) is 25.0 Å². The fourth-order valence-corrected chi connectivity index (χ4v) is 1.68. The molecule has 0 N–H and O–H groups in total. The molecule has 0 bridgehead atoms. The molecular weight excluding hydrogens is 198 g/mol. The summed E-state index contributed by atoms with van der Waals surface area (Å²) >= 11 is 0. The van der Waals surface area contributed by atoms with Gasteiger partial charge >= 0.3 is 0 Å². The van der Waals surface area contributed by atoms with E-state index in [-0.39, 0.29) is 0 Å². The van der Waals surface area contributed by atoms with Crippen LogP contribution in [0.4, 0.5) is 5.69 Å². The summed E-state index contributed by atoms with van der Waals surface area (Å²) in [5, 5.41) is 0. The van der Waals surface area contributed by atoms with Gasteiger partial charge in [0.05, 0.1) is 5.69 Å². The first-order valence-corrected chi connectivity index (χ1v) is 5.43. The number of nitrogens with zero attached hydrogens (tertiary/aromatic N) is 3. The van der Waals surface area contributed by atoms with E-state index in [0.717, 1.165) is 11.6 Å². The molecule has 0 aromatic heterocycles. The summed E-state index contributed by atoms with van der Waals surface area (Å²) in [7, 11) is 8.03. The van der Waals surface area contributed by atoms with Gasteiger partial charge in [-0.25, -0.2) is 4.99 Å². The third-order valence-corrected chi connectivity index (χ3v) is 2.45. The summed E-state index contributed by atoms with van der Waals surface area (Å²) in [6.07, 6.45) is 0. The van der Waals surface area contributed by atoms with Crippen LogP contribution in [0, 0.1) is 13.8 Å². The number of hydrogen-bond donors (Lipinski definition) is 0. The molecular formula is C13H21N3. The minimum Gasteiger partial charge on any atom is -0.349 e. The van der Waals surface area contributed by atoms with E-state index in [2.05, 4.69) is 32.0 Å². The second-order valence-corrected chi connectivity index (χ2v) is 4.44. The van der Waals surface area contributed by atoms with Crippen LogP contribution in [0.2, 0.25) is 0 Å². The van der Waals surface area contributed by atoms with Crippen LogP contribution >= 0.6 is 0 Å². The zero-order valence-corrected chi connectivity index (χ0v) is 11.1. The minimum absolute atomic E-state index is 0.956. The number of aliphatic imine (C=N–C) groups is 1. The van der Waals surface area contributed by atoms with Crippen molar-refractivity contribution in [3.05, 3.63) is 29.3 Å². The lowest BCUT2D eigenvalue weighted by Crippen LogP contribution is -2.35. The van der Waals surface area contributed by atoms with Crippen molar-refractivity contribution in [2.45, 2.75) is 13.8 Å². The summed E-state index contributed by atoms with van der Waals surface area (Å²) in [5.74, 6) is 0.956. The molecule has 0 atom stereocenters. The van der Waals surface area contributed by atoms with Crippen molar-refractivity contribution in [2.75, 3.05) is 28.2 Å². The standard InChI is InChI=1S/C13H21N3/c1-10-8-7-9-11(2)12(10)14-13(15(3)4)16(5)6/h7-9H,1-6H3. The maximum absolute atomic E-state index is 4.73. The maximum Gasteiger partial charge on any atom is 0.200 e. The van der Waals surface area contributed by atoms with Crippen molar-refractivity contribution in [1.29, 1.82) is 0 Å². The van der Waals surface area contributed by atoms with Gasteiger partial charge in [-0.2, -0.15) is 0 Å². The molecule has 0 amide bonds. The summed E-state index contributed by atoms with van der Waals surface area (Å²) in [4.78, 5) is 8.76. The number of guanidine groups is 1. The van der Waals surface area contributed by atoms with Crippen LogP contribution in [-0.2, 0) is 0 Å². The van der Waals surface area contributed by atoms with E-state index in [1.165, 1.54) is 11.1 Å². The van der Waals surface area contributed by atoms with Crippen molar-refractivity contribution in [3.63, 3.8) is 0 Å². The molecule has 0 heterocycles. The number of rotatable bonds is 1. The molecule has 1 aromatic carbocycles. The normalized spacial score (nSPS) is 9.88. The Morgan fingerprint density at radius 1 is 0.938 bits per heavy atom. The smallest absolute Gasteiger partial charge is 0.200 e. The molecule has 0 aliphatic rings. The van der Waals surface area contributed by atoms with Gasteiger partial charge in [-0.3, -0.25) is 0 Å². The van der Waals surface area contributed by atoms with Crippen molar-refractivity contribution in [1.82, 2.24) is 9.80 Å². The molecule has 1 aromatic rings. The minimum atomic E-state index is 0.956. The third kappa shape index (κ3) is 2.75. The fourth-order valence-electron chi connectivity index (χ4n) is 1.68. The first kappa shape index (κ1) is 12.6. The van der Waals surface area contributed by atoms with E-state index in [1.54, 1.807) is 0 Å². The third-order valence-electron chi connectivity index (χ3n) is 2.45. The molecule has 0 aliphatic carbocycles. The van der Waals surface area contributed by atoms with Gasteiger partial charge in [0.25, 0.3) is 0 Å². The lowest BCUT2D eigenvalue weighted by Gasteiger charge is -2.23. The van der Waals surface area contributed by atoms with Crippen LogP contribution in [0.25, 0.3) is 0 Å². The van der Waals surface area contributed by atoms with Gasteiger partial charge < -0.3 is 9.80 Å². The highest BCUT2D eigenvalue weighted by Crippen LogP contribution is 2.23. The van der Waals surface area contributed by atoms with E-state index in [0.29, 0.717) is 0 Å². The van der Waals surface area contributed by atoms with Crippen LogP contribution in [0.5, 0.6) is 0 Å². The Morgan fingerprint density at radius 2 is 1.38 bits per heavy atom. The van der Waals surface area contributed by atoms with Gasteiger partial charge in [-0.1, -0.05) is 18.2 Å². The molecule has 16 heavy (non-hydrogen) atoms. The van der Waals surface area contributed by atoms with Gasteiger partial charge in [0.1, 0.15) is 0 Å². The van der Waals surface area contributed by atoms with E-state index in [4.69, 9.17) is 4.99 Å². The van der Waals surface area contributed by atoms with E-state index >= 15 is 0 Å². The Balaban J connectivity index is 3.23. The van der Waals surface area contributed by atoms with Crippen LogP contribution < -0.4 is 0 Å². The van der Waals surface area contributed by atoms with Crippen molar-refractivity contribution in [2.24, 2.45) is 4.99 Å². The van der Waals surface area contributed by atoms with Crippen LogP contribution in [0.1, 0.15) is 11.1 Å². The van der Waals surface area contributed by atoms with Crippen LogP contribution in [-0.4, -0.2) is 44.0 Å². The van der Waals surface area contributed by atoms with E-state index in [1.807, 2.05) is 38.0 Å². The number of hydrogen-bond acceptors (Lipinski definition) is 1. The lowest BCUT2D eigenvalue weighted by atomic mass is 10.1. The predicted molar refractivity (Wildman–Crippen MR) is 70.4 cm³/mol. The average molecular weight is 219 g/mol. The highest BCUT2D eigenvalue weighted by atomic mass is 15.3. The summed E-state index contributed by atoms with van der Waals surface area (Å²) in [5.41, 5.74) is 3.49. The molecule has 88 valence electrons. The van der Waals surface area contributed by atoms with Crippen LogP contribution in [0.15, 0.2) is 23.2 Å². The van der Waals surface area contributed by atoms with E-state index in [9.17, 15) is 0 Å². The molecule has 3 nitrogen and oxygen atoms in total. The molecule has 0 spiro atoms. The number of para-hydroxylation sites is 1. The molecule has 0 saturated carbocycles. The monoisotopic (exact) mass is 219 g/mol. The van der Waals surface area contributed by atoms with Gasteiger partial charge in [0, 0.05) is 28.2 Å². The quantitative estimate of drug-likeness (QED) is 0.533. The molecule has 0 saturated heterocycles. The predicted octanol–water partition coefficient (Wildman–Crippen LogP) is 2.41. The van der Waals surface area contributed by atoms with Crippen molar-refractivity contribution < 1.29 is 0 Å². The Morgan fingerprint density at radius 3 is 1.75 bits per heavy atom. The fraction of sp³-hybridized carbons (Fsp3) is 0.462. The van der Waals surface area contributed by atoms with Crippen molar-refractivity contribution in [3.8, 4) is 0 Å². The average Bonchev–Trinajstić information content (AvgIpc) is 2.15. The zero-order chi connectivity index (χ0) is 12.3. The summed E-state index contributed by atoms with van der Waals surface area (Å²) < 4.78 is 0. The second kappa shape index (κ2) is 5.01. The molecule has 3 heteroatoms. The second-order valence-electron chi connectivity index (χ2n) is 4.44. The Bertz CT molecular complexity index is 362. The molecule has 0 unspecified atom stereocenters. The van der Waals surface area contributed by atoms with Gasteiger partial charge in [0.15, 0.2) is 0 Å². The molecule has 0 radical (unpaired) electrons. The topological polar surface area (TPSA) is 18.8 Å². The summed E-state index contributed by atoms with van der Waals surface area (Å²) in [6.45, 7) is 4.18. The summed E-state index contributed by atoms with van der Waals surface area (Å²) in [6, 6.07) is 6.25. The van der Waals surface area contributed by atoms with Crippen molar-refractivity contribution >= 4 is 11.6 Å². The first-order valence-electron chi connectivity index (χ1n) is 5.43. The number of benzene rings is 1. The van der Waals surface area contributed by atoms with E-state index < -0.39 is 0 Å². The van der Waals surface area contributed by atoms with Gasteiger partial charge in [0.2, 0.25) is 5.96 Å². The lowest BCUT2D eigenvalue weighted by molar-refractivity contribution is 0.484. The molecule has 1 rings (SSSR count). The number of aryl methyl sites for hydroxylation is 2. The Kier molecular flexibility index (Phi) is 3.93. The highest BCUT2D eigenvalue weighted by Gasteiger charge is 2.07.